The van der Waals surface area contributed by atoms with Crippen molar-refractivity contribution in [1.82, 2.24) is 20.9 Å². The first kappa shape index (κ1) is 35.6. The SMILES string of the molecule is C1CNCCN1.CC.CC.O=C(Cl)c1ccco1.O=C(O)c1ccco1.O=C(c1ccco1)N1CCNCC1. The van der Waals surface area contributed by atoms with Crippen LogP contribution in [-0.2, 0) is 0 Å². The molecule has 0 spiro atoms. The van der Waals surface area contributed by atoms with Crippen molar-refractivity contribution in [2.75, 3.05) is 52.4 Å². The van der Waals surface area contributed by atoms with Crippen LogP contribution in [0.1, 0.15) is 59.4 Å². The van der Waals surface area contributed by atoms with E-state index in [2.05, 4.69) is 24.8 Å². The maximum Gasteiger partial charge on any atom is 0.371 e. The summed E-state index contributed by atoms with van der Waals surface area (Å²) in [6.45, 7) is 15.8. The van der Waals surface area contributed by atoms with Gasteiger partial charge < -0.3 is 39.2 Å². The number of hydrogen-bond acceptors (Lipinski definition) is 9. The molecule has 5 rings (SSSR count). The molecule has 11 nitrogen and oxygen atoms in total. The average Bonchev–Trinajstić information content (AvgIpc) is 3.81. The van der Waals surface area contributed by atoms with Gasteiger partial charge in [-0.2, -0.15) is 0 Å². The number of nitrogens with zero attached hydrogens (tertiary/aromatic N) is 1. The average molecular weight is 569 g/mol. The Morgan fingerprint density at radius 3 is 1.36 bits per heavy atom. The van der Waals surface area contributed by atoms with Gasteiger partial charge >= 0.3 is 5.97 Å². The molecule has 5 heterocycles. The van der Waals surface area contributed by atoms with Gasteiger partial charge in [0.2, 0.25) is 5.76 Å². The summed E-state index contributed by atoms with van der Waals surface area (Å²) in [7, 11) is 0. The Labute approximate surface area is 234 Å². The molecule has 2 aliphatic heterocycles. The number of piperazine rings is 2. The maximum absolute atomic E-state index is 11.7. The number of rotatable bonds is 3. The zero-order valence-corrected chi connectivity index (χ0v) is 23.8. The topological polar surface area (TPSA) is 150 Å². The van der Waals surface area contributed by atoms with Gasteiger partial charge in [0.05, 0.1) is 18.8 Å². The summed E-state index contributed by atoms with van der Waals surface area (Å²) in [5, 5.41) is 17.3. The van der Waals surface area contributed by atoms with Crippen molar-refractivity contribution in [2.45, 2.75) is 27.7 Å². The van der Waals surface area contributed by atoms with Crippen LogP contribution in [0, 0.1) is 0 Å². The van der Waals surface area contributed by atoms with Gasteiger partial charge in [0.1, 0.15) is 0 Å². The molecule has 1 amide bonds. The third kappa shape index (κ3) is 16.2. The summed E-state index contributed by atoms with van der Waals surface area (Å²) < 4.78 is 14.1. The molecule has 0 saturated carbocycles. The van der Waals surface area contributed by atoms with E-state index in [1.165, 1.54) is 37.0 Å². The lowest BCUT2D eigenvalue weighted by Gasteiger charge is -2.26. The second kappa shape index (κ2) is 23.7. The van der Waals surface area contributed by atoms with Crippen LogP contribution >= 0.6 is 11.6 Å². The zero-order chi connectivity index (χ0) is 29.3. The summed E-state index contributed by atoms with van der Waals surface area (Å²) in [6.07, 6.45) is 4.24. The summed E-state index contributed by atoms with van der Waals surface area (Å²) in [4.78, 5) is 33.6. The largest absolute Gasteiger partial charge is 0.475 e. The van der Waals surface area contributed by atoms with Gasteiger partial charge in [-0.1, -0.05) is 27.7 Å². The van der Waals surface area contributed by atoms with Crippen LogP contribution in [0.5, 0.6) is 0 Å². The maximum atomic E-state index is 11.7. The van der Waals surface area contributed by atoms with E-state index < -0.39 is 11.2 Å². The highest BCUT2D eigenvalue weighted by atomic mass is 35.5. The summed E-state index contributed by atoms with van der Waals surface area (Å²) in [5.41, 5.74) is 0. The Morgan fingerprint density at radius 2 is 1.08 bits per heavy atom. The highest BCUT2D eigenvalue weighted by molar-refractivity contribution is 6.67. The Hall–Kier alpha value is -3.38. The van der Waals surface area contributed by atoms with E-state index in [4.69, 9.17) is 21.1 Å². The molecule has 4 N–H and O–H groups in total. The predicted molar refractivity (Wildman–Crippen MR) is 150 cm³/mol. The van der Waals surface area contributed by atoms with E-state index in [9.17, 15) is 14.4 Å². The van der Waals surface area contributed by atoms with Gasteiger partial charge in [0.15, 0.2) is 11.5 Å². The lowest BCUT2D eigenvalue weighted by molar-refractivity contribution is 0.0661. The van der Waals surface area contributed by atoms with E-state index in [0.717, 1.165) is 52.4 Å². The number of hydrogen-bond donors (Lipinski definition) is 4. The van der Waals surface area contributed by atoms with Crippen molar-refractivity contribution < 1.29 is 32.7 Å². The third-order valence-electron chi connectivity index (χ3n) is 4.54. The van der Waals surface area contributed by atoms with Crippen molar-refractivity contribution in [3.8, 4) is 0 Å². The van der Waals surface area contributed by atoms with Crippen molar-refractivity contribution in [2.24, 2.45) is 0 Å². The summed E-state index contributed by atoms with van der Waals surface area (Å²) >= 11 is 5.01. The Kier molecular flexibility index (Phi) is 21.7. The van der Waals surface area contributed by atoms with Crippen LogP contribution in [0.4, 0.5) is 0 Å². The van der Waals surface area contributed by atoms with E-state index in [1.807, 2.05) is 27.7 Å². The normalized spacial score (nSPS) is 13.5. The standard InChI is InChI=1S/C9H12N2O2.C5H3ClO2.C5H4O3.C4H10N2.2C2H6/c12-9(8-2-1-7-13-8)11-5-3-10-4-6-11;2*6-5(7)4-2-1-3-8-4;1-2-6-4-3-5-1;2*1-2/h1-2,7,10H,3-6H2;1-3H;1-3H,(H,6,7);5-6H,1-4H2;2*1-2H3. The molecule has 0 unspecified atom stereocenters. The highest BCUT2D eigenvalue weighted by Crippen LogP contribution is 2.06. The molecular weight excluding hydrogens is 528 g/mol. The van der Waals surface area contributed by atoms with Crippen LogP contribution in [0.3, 0.4) is 0 Å². The second-order valence-corrected chi connectivity index (χ2v) is 7.40. The highest BCUT2D eigenvalue weighted by Gasteiger charge is 2.19. The van der Waals surface area contributed by atoms with E-state index in [0.29, 0.717) is 5.76 Å². The van der Waals surface area contributed by atoms with Gasteiger partial charge in [-0.25, -0.2) is 4.79 Å². The number of aromatic carboxylic acids is 1. The molecule has 218 valence electrons. The number of carbonyl (C=O) groups excluding carboxylic acids is 2. The van der Waals surface area contributed by atoms with Crippen molar-refractivity contribution in [3.05, 3.63) is 72.5 Å². The number of carboxylic acids is 1. The molecule has 2 aliphatic rings. The fraction of sp³-hybridized carbons (Fsp3) is 0.444. The van der Waals surface area contributed by atoms with Gasteiger partial charge in [0.25, 0.3) is 11.1 Å². The monoisotopic (exact) mass is 568 g/mol. The number of nitrogens with one attached hydrogen (secondary N) is 3. The molecule has 0 atom stereocenters. The quantitative estimate of drug-likeness (QED) is 0.338. The first-order valence-corrected chi connectivity index (χ1v) is 13.3. The Bertz CT molecular complexity index is 912. The van der Waals surface area contributed by atoms with Crippen molar-refractivity contribution >= 4 is 28.7 Å². The van der Waals surface area contributed by atoms with Crippen LogP contribution in [0.2, 0.25) is 0 Å². The minimum atomic E-state index is -1.03. The summed E-state index contributed by atoms with van der Waals surface area (Å²) in [5.74, 6) is -0.444. The van der Waals surface area contributed by atoms with Gasteiger partial charge in [0, 0.05) is 52.4 Å². The van der Waals surface area contributed by atoms with E-state index in [1.54, 1.807) is 23.1 Å². The van der Waals surface area contributed by atoms with Gasteiger partial charge in [-0.15, -0.1) is 0 Å². The van der Waals surface area contributed by atoms with Crippen LogP contribution in [0.15, 0.2) is 68.4 Å². The molecule has 2 fully saturated rings. The van der Waals surface area contributed by atoms with Gasteiger partial charge in [-0.3, -0.25) is 9.59 Å². The molecular formula is C27H41ClN4O7. The van der Waals surface area contributed by atoms with Crippen LogP contribution in [0.25, 0.3) is 0 Å². The van der Waals surface area contributed by atoms with Gasteiger partial charge in [-0.05, 0) is 48.0 Å². The molecule has 12 heteroatoms. The Balaban J connectivity index is 0.000000490. The molecule has 2 saturated heterocycles. The molecule has 0 aromatic carbocycles. The smallest absolute Gasteiger partial charge is 0.371 e. The zero-order valence-electron chi connectivity index (χ0n) is 23.1. The number of amides is 1. The van der Waals surface area contributed by atoms with Crippen LogP contribution in [-0.4, -0.2) is 79.5 Å². The van der Waals surface area contributed by atoms with E-state index >= 15 is 0 Å². The predicted octanol–water partition coefficient (Wildman–Crippen LogP) is 4.19. The lowest BCUT2D eigenvalue weighted by Crippen LogP contribution is -2.46. The fourth-order valence-corrected chi connectivity index (χ4v) is 2.93. The minimum absolute atomic E-state index is 0.00787. The Morgan fingerprint density at radius 1 is 0.692 bits per heavy atom. The molecule has 0 bridgehead atoms. The first-order valence-electron chi connectivity index (χ1n) is 12.9. The van der Waals surface area contributed by atoms with E-state index in [-0.39, 0.29) is 17.4 Å². The number of furan rings is 3. The number of carbonyl (C=O) groups is 3. The lowest BCUT2D eigenvalue weighted by atomic mass is 10.3. The number of halogens is 1. The van der Waals surface area contributed by atoms with Crippen LogP contribution < -0.4 is 16.0 Å². The molecule has 0 aliphatic carbocycles. The van der Waals surface area contributed by atoms with Crippen molar-refractivity contribution in [1.29, 1.82) is 0 Å². The summed E-state index contributed by atoms with van der Waals surface area (Å²) in [6, 6.07) is 9.47. The molecule has 39 heavy (non-hydrogen) atoms. The molecule has 3 aromatic heterocycles. The molecule has 3 aromatic rings. The molecule has 0 radical (unpaired) electrons. The minimum Gasteiger partial charge on any atom is -0.475 e. The first-order chi connectivity index (χ1) is 19.0. The third-order valence-corrected chi connectivity index (χ3v) is 4.73. The number of carboxylic acid groups (broad SMARTS) is 1. The van der Waals surface area contributed by atoms with Crippen molar-refractivity contribution in [3.63, 3.8) is 0 Å². The fourth-order valence-electron chi connectivity index (χ4n) is 2.82. The second-order valence-electron chi connectivity index (χ2n) is 7.05.